The van der Waals surface area contributed by atoms with Crippen molar-refractivity contribution < 1.29 is 9.18 Å². The molecule has 4 aromatic rings. The van der Waals surface area contributed by atoms with E-state index in [9.17, 15) is 9.18 Å². The number of fused-ring (bicyclic) bond motifs is 3. The van der Waals surface area contributed by atoms with Gasteiger partial charge in [0.1, 0.15) is 22.8 Å². The Kier molecular flexibility index (Phi) is 5.78. The van der Waals surface area contributed by atoms with E-state index in [1.807, 2.05) is 12.3 Å². The Morgan fingerprint density at radius 2 is 2.00 bits per heavy atom. The summed E-state index contributed by atoms with van der Waals surface area (Å²) in [7, 11) is 0. The van der Waals surface area contributed by atoms with Gasteiger partial charge in [-0.25, -0.2) is 14.4 Å². The molecule has 33 heavy (non-hydrogen) atoms. The van der Waals surface area contributed by atoms with Gasteiger partial charge in [0.05, 0.1) is 24.2 Å². The number of nitrogens with one attached hydrogen (secondary N) is 2. The highest BCUT2D eigenvalue weighted by atomic mass is 19.1. The van der Waals surface area contributed by atoms with E-state index in [0.717, 1.165) is 59.1 Å². The van der Waals surface area contributed by atoms with Crippen LogP contribution in [0.15, 0.2) is 42.7 Å². The van der Waals surface area contributed by atoms with Crippen molar-refractivity contribution in [2.75, 3.05) is 0 Å². The Morgan fingerprint density at radius 3 is 2.76 bits per heavy atom. The molecule has 1 aliphatic carbocycles. The zero-order valence-corrected chi connectivity index (χ0v) is 18.2. The maximum atomic E-state index is 13.1. The van der Waals surface area contributed by atoms with Gasteiger partial charge in [0.2, 0.25) is 5.91 Å². The summed E-state index contributed by atoms with van der Waals surface area (Å²) in [4.78, 5) is 25.3. The number of hydrogen-bond donors (Lipinski definition) is 2. The normalized spacial score (nSPS) is 18.4. The van der Waals surface area contributed by atoms with Crippen molar-refractivity contribution in [3.63, 3.8) is 0 Å². The summed E-state index contributed by atoms with van der Waals surface area (Å²) in [5.74, 6) is 0.735. The maximum Gasteiger partial charge on any atom is 0.227 e. The molecule has 1 aliphatic rings. The minimum Gasteiger partial charge on any atom is -0.352 e. The second kappa shape index (κ2) is 9.02. The zero-order chi connectivity index (χ0) is 22.8. The Labute approximate surface area is 190 Å². The topological polar surface area (TPSA) is 99.4 Å². The van der Waals surface area contributed by atoms with Crippen LogP contribution in [0, 0.1) is 23.1 Å². The van der Waals surface area contributed by atoms with Crippen LogP contribution in [0.5, 0.6) is 0 Å². The van der Waals surface area contributed by atoms with E-state index in [2.05, 4.69) is 25.9 Å². The fourth-order valence-corrected chi connectivity index (χ4v) is 4.90. The number of rotatable bonds is 6. The van der Waals surface area contributed by atoms with Gasteiger partial charge in [-0.05, 0) is 55.4 Å². The lowest BCUT2D eigenvalue weighted by Gasteiger charge is -2.30. The number of hydrogen-bond acceptors (Lipinski definition) is 4. The molecule has 5 rings (SSSR count). The van der Waals surface area contributed by atoms with E-state index < -0.39 is 0 Å². The summed E-state index contributed by atoms with van der Waals surface area (Å²) in [6.45, 7) is 0.336. The van der Waals surface area contributed by atoms with Crippen LogP contribution in [0.25, 0.3) is 22.1 Å². The van der Waals surface area contributed by atoms with Crippen LogP contribution in [0.3, 0.4) is 0 Å². The van der Waals surface area contributed by atoms with Crippen LogP contribution >= 0.6 is 0 Å². The number of benzene rings is 1. The number of aromatic amines is 1. The largest absolute Gasteiger partial charge is 0.352 e. The number of pyridine rings is 1. The molecule has 3 aromatic heterocycles. The molecular weight excluding hydrogens is 419 g/mol. The van der Waals surface area contributed by atoms with Crippen LogP contribution in [-0.2, 0) is 17.8 Å². The van der Waals surface area contributed by atoms with Crippen molar-refractivity contribution in [2.24, 2.45) is 5.92 Å². The summed E-state index contributed by atoms with van der Waals surface area (Å²) >= 11 is 0. The maximum absolute atomic E-state index is 13.1. The second-order valence-electron chi connectivity index (χ2n) is 8.75. The standard InChI is InChI=1S/C25H25FN6O/c26-18-5-1-17(2-6-18)14-29-23(33)13-22-31-21-15-30-25-20(10-12-28-25)24(21)32(22)19-7-3-16(4-8-19)9-11-27/h1-2,5-6,10,12,15-16,19H,3-4,7-9,13-14H2,(H,28,30)(H,29,33)/t16-,19+. The summed E-state index contributed by atoms with van der Waals surface area (Å²) in [5.41, 5.74) is 3.43. The molecule has 0 aliphatic heterocycles. The first kappa shape index (κ1) is 21.1. The number of carbonyl (C=O) groups is 1. The van der Waals surface area contributed by atoms with Crippen LogP contribution in [0.4, 0.5) is 4.39 Å². The number of carbonyl (C=O) groups excluding carboxylic acids is 1. The first-order valence-electron chi connectivity index (χ1n) is 11.3. The van der Waals surface area contributed by atoms with Gasteiger partial charge < -0.3 is 14.9 Å². The van der Waals surface area contributed by atoms with E-state index in [0.29, 0.717) is 18.9 Å². The molecule has 3 heterocycles. The lowest BCUT2D eigenvalue weighted by Crippen LogP contribution is -2.27. The first-order valence-corrected chi connectivity index (χ1v) is 11.3. The quantitative estimate of drug-likeness (QED) is 0.455. The summed E-state index contributed by atoms with van der Waals surface area (Å²) in [6, 6.07) is 10.6. The minimum atomic E-state index is -0.298. The number of nitrogens with zero attached hydrogens (tertiary/aromatic N) is 4. The van der Waals surface area contributed by atoms with Gasteiger partial charge in [0.25, 0.3) is 0 Å². The third-order valence-corrected chi connectivity index (χ3v) is 6.59. The molecule has 0 unspecified atom stereocenters. The molecule has 8 heteroatoms. The molecule has 1 fully saturated rings. The van der Waals surface area contributed by atoms with E-state index in [1.165, 1.54) is 12.1 Å². The monoisotopic (exact) mass is 444 g/mol. The number of nitriles is 1. The van der Waals surface area contributed by atoms with Crippen molar-refractivity contribution in [1.29, 1.82) is 5.26 Å². The fraction of sp³-hybridized carbons (Fsp3) is 0.360. The van der Waals surface area contributed by atoms with Crippen LogP contribution in [0.2, 0.25) is 0 Å². The summed E-state index contributed by atoms with van der Waals surface area (Å²) < 4.78 is 15.4. The van der Waals surface area contributed by atoms with Crippen molar-refractivity contribution in [2.45, 2.75) is 51.1 Å². The van der Waals surface area contributed by atoms with Crippen molar-refractivity contribution in [1.82, 2.24) is 24.8 Å². The molecule has 1 aromatic carbocycles. The Morgan fingerprint density at radius 1 is 1.21 bits per heavy atom. The Bertz CT molecular complexity index is 1320. The van der Waals surface area contributed by atoms with Gasteiger partial charge in [-0.1, -0.05) is 12.1 Å². The number of H-pyrrole nitrogens is 1. The van der Waals surface area contributed by atoms with E-state index in [-0.39, 0.29) is 24.2 Å². The van der Waals surface area contributed by atoms with E-state index in [1.54, 1.807) is 18.3 Å². The van der Waals surface area contributed by atoms with Crippen LogP contribution in [0.1, 0.15) is 49.5 Å². The third kappa shape index (κ3) is 4.31. The molecule has 0 radical (unpaired) electrons. The van der Waals surface area contributed by atoms with Gasteiger partial charge >= 0.3 is 0 Å². The average Bonchev–Trinajstić information content (AvgIpc) is 3.43. The highest BCUT2D eigenvalue weighted by molar-refractivity contribution is 6.01. The SMILES string of the molecule is N#CC[C@H]1CC[C@@H](n2c(CC(=O)NCc3ccc(F)cc3)nc3cnc4[nH]ccc4c32)CC1. The Balaban J connectivity index is 1.42. The molecule has 7 nitrogen and oxygen atoms in total. The highest BCUT2D eigenvalue weighted by Gasteiger charge is 2.27. The fourth-order valence-electron chi connectivity index (χ4n) is 4.90. The van der Waals surface area contributed by atoms with Gasteiger partial charge in [-0.3, -0.25) is 4.79 Å². The molecule has 0 saturated heterocycles. The van der Waals surface area contributed by atoms with Gasteiger partial charge in [0, 0.05) is 30.6 Å². The molecule has 0 atom stereocenters. The second-order valence-corrected chi connectivity index (χ2v) is 8.75. The predicted octanol–water partition coefficient (Wildman–Crippen LogP) is 4.56. The summed E-state index contributed by atoms with van der Waals surface area (Å²) in [6.07, 6.45) is 8.28. The average molecular weight is 445 g/mol. The number of aromatic nitrogens is 4. The number of amides is 1. The predicted molar refractivity (Wildman–Crippen MR) is 123 cm³/mol. The molecule has 168 valence electrons. The third-order valence-electron chi connectivity index (χ3n) is 6.59. The minimum absolute atomic E-state index is 0.132. The van der Waals surface area contributed by atoms with Crippen molar-refractivity contribution in [3.05, 3.63) is 59.9 Å². The molecular formula is C25H25FN6O. The van der Waals surface area contributed by atoms with Crippen molar-refractivity contribution in [3.8, 4) is 6.07 Å². The molecule has 1 saturated carbocycles. The van der Waals surface area contributed by atoms with Crippen LogP contribution in [-0.4, -0.2) is 25.4 Å². The van der Waals surface area contributed by atoms with Gasteiger partial charge in [0.15, 0.2) is 0 Å². The summed E-state index contributed by atoms with van der Waals surface area (Å²) in [5, 5.41) is 13.0. The lowest BCUT2D eigenvalue weighted by molar-refractivity contribution is -0.120. The number of halogens is 1. The van der Waals surface area contributed by atoms with Crippen molar-refractivity contribution >= 4 is 28.0 Å². The van der Waals surface area contributed by atoms with E-state index in [4.69, 9.17) is 10.2 Å². The van der Waals surface area contributed by atoms with Gasteiger partial charge in [-0.2, -0.15) is 5.26 Å². The molecule has 2 N–H and O–H groups in total. The first-order chi connectivity index (χ1) is 16.1. The number of imidazole rings is 1. The highest BCUT2D eigenvalue weighted by Crippen LogP contribution is 2.38. The smallest absolute Gasteiger partial charge is 0.227 e. The van der Waals surface area contributed by atoms with E-state index >= 15 is 0 Å². The lowest BCUT2D eigenvalue weighted by atomic mass is 9.84. The molecule has 0 bridgehead atoms. The molecule has 0 spiro atoms. The zero-order valence-electron chi connectivity index (χ0n) is 18.2. The molecule has 1 amide bonds. The van der Waals surface area contributed by atoms with Crippen LogP contribution < -0.4 is 5.32 Å². The Hall–Kier alpha value is -3.73. The van der Waals surface area contributed by atoms with Gasteiger partial charge in [-0.15, -0.1) is 0 Å².